The first-order valence-corrected chi connectivity index (χ1v) is 14.2. The lowest BCUT2D eigenvalue weighted by Crippen LogP contribution is -2.52. The molecule has 7 nitrogen and oxygen atoms in total. The van der Waals surface area contributed by atoms with Crippen molar-refractivity contribution in [2.24, 2.45) is 0 Å². The van der Waals surface area contributed by atoms with Crippen molar-refractivity contribution in [3.63, 3.8) is 0 Å². The van der Waals surface area contributed by atoms with Crippen LogP contribution in [-0.4, -0.2) is 50.5 Å². The van der Waals surface area contributed by atoms with E-state index in [0.717, 1.165) is 29.0 Å². The van der Waals surface area contributed by atoms with E-state index >= 15 is 0 Å². The van der Waals surface area contributed by atoms with E-state index in [-0.39, 0.29) is 12.5 Å². The second-order valence-electron chi connectivity index (χ2n) is 8.23. The molecular weight excluding hydrogens is 509 g/mol. The van der Waals surface area contributed by atoms with Gasteiger partial charge in [-0.05, 0) is 49.1 Å². The minimum absolute atomic E-state index is 0.0399. The molecule has 10 heteroatoms. The number of aryl methyl sites for hydroxylation is 1. The maximum Gasteiger partial charge on any atom is 0.244 e. The highest BCUT2D eigenvalue weighted by atomic mass is 35.5. The first-order chi connectivity index (χ1) is 16.5. The Labute approximate surface area is 218 Å². The van der Waals surface area contributed by atoms with Crippen LogP contribution >= 0.6 is 23.2 Å². The van der Waals surface area contributed by atoms with Crippen LogP contribution in [0.2, 0.25) is 10.0 Å². The van der Waals surface area contributed by atoms with Crippen molar-refractivity contribution in [3.8, 4) is 0 Å². The van der Waals surface area contributed by atoms with Gasteiger partial charge < -0.3 is 10.2 Å². The number of sulfonamides is 1. The number of anilines is 1. The minimum Gasteiger partial charge on any atom is -0.354 e. The van der Waals surface area contributed by atoms with E-state index in [0.29, 0.717) is 34.3 Å². The van der Waals surface area contributed by atoms with E-state index in [2.05, 4.69) is 5.32 Å². The Bertz CT molecular complexity index is 1100. The number of hydrogen-bond acceptors (Lipinski definition) is 4. The molecule has 0 aliphatic rings. The summed E-state index contributed by atoms with van der Waals surface area (Å²) in [4.78, 5) is 28.0. The maximum absolute atomic E-state index is 13.7. The van der Waals surface area contributed by atoms with Gasteiger partial charge in [-0.25, -0.2) is 8.42 Å². The minimum atomic E-state index is -3.79. The molecule has 2 aromatic rings. The highest BCUT2D eigenvalue weighted by molar-refractivity contribution is 7.92. The maximum atomic E-state index is 13.7. The van der Waals surface area contributed by atoms with Crippen molar-refractivity contribution in [2.45, 2.75) is 52.6 Å². The zero-order valence-corrected chi connectivity index (χ0v) is 22.9. The summed E-state index contributed by atoms with van der Waals surface area (Å²) in [5.74, 6) is -0.853. The normalized spacial score (nSPS) is 12.2. The topological polar surface area (TPSA) is 86.8 Å². The Kier molecular flexibility index (Phi) is 10.9. The second-order valence-corrected chi connectivity index (χ2v) is 10.9. The molecule has 2 aromatic carbocycles. The van der Waals surface area contributed by atoms with Crippen LogP contribution in [0.1, 0.15) is 44.7 Å². The van der Waals surface area contributed by atoms with Crippen molar-refractivity contribution in [1.82, 2.24) is 10.2 Å². The lowest BCUT2D eigenvalue weighted by Gasteiger charge is -2.33. The molecule has 1 N–H and O–H groups in total. The summed E-state index contributed by atoms with van der Waals surface area (Å²) in [6, 6.07) is 11.2. The van der Waals surface area contributed by atoms with Crippen LogP contribution in [0.4, 0.5) is 5.69 Å². The third-order valence-electron chi connectivity index (χ3n) is 5.64. The molecule has 0 unspecified atom stereocenters. The predicted octanol–water partition coefficient (Wildman–Crippen LogP) is 4.66. The van der Waals surface area contributed by atoms with Crippen LogP contribution in [0.25, 0.3) is 0 Å². The molecule has 35 heavy (non-hydrogen) atoms. The number of hydrogen-bond donors (Lipinski definition) is 1. The van der Waals surface area contributed by atoms with E-state index in [1.807, 2.05) is 26.0 Å². The number of benzene rings is 2. The van der Waals surface area contributed by atoms with Gasteiger partial charge in [0, 0.05) is 28.7 Å². The van der Waals surface area contributed by atoms with Gasteiger partial charge in [0.05, 0.1) is 11.9 Å². The van der Waals surface area contributed by atoms with Gasteiger partial charge in [0.15, 0.2) is 0 Å². The summed E-state index contributed by atoms with van der Waals surface area (Å²) >= 11 is 12.7. The third kappa shape index (κ3) is 7.85. The van der Waals surface area contributed by atoms with E-state index in [9.17, 15) is 18.0 Å². The highest BCUT2D eigenvalue weighted by Crippen LogP contribution is 2.27. The molecule has 0 bridgehead atoms. The summed E-state index contributed by atoms with van der Waals surface area (Å²) in [5.41, 5.74) is 1.91. The first-order valence-electron chi connectivity index (χ1n) is 11.6. The molecule has 1 atom stereocenters. The number of rotatable bonds is 12. The molecule has 0 aliphatic heterocycles. The lowest BCUT2D eigenvalue weighted by atomic mass is 10.1. The SMILES string of the molecule is CCCNC(=O)[C@H](CC)N(Cc1c(Cl)cccc1Cl)C(=O)CN(c1ccc(CC)cc1)S(C)(=O)=O. The molecule has 0 heterocycles. The smallest absolute Gasteiger partial charge is 0.244 e. The Morgan fingerprint density at radius 3 is 2.09 bits per heavy atom. The highest BCUT2D eigenvalue weighted by Gasteiger charge is 2.32. The quantitative estimate of drug-likeness (QED) is 0.423. The van der Waals surface area contributed by atoms with Crippen LogP contribution in [0.3, 0.4) is 0 Å². The van der Waals surface area contributed by atoms with Crippen LogP contribution in [-0.2, 0) is 32.6 Å². The third-order valence-corrected chi connectivity index (χ3v) is 7.49. The van der Waals surface area contributed by atoms with Gasteiger partial charge in [0.2, 0.25) is 21.8 Å². The number of carbonyl (C=O) groups is 2. The van der Waals surface area contributed by atoms with Gasteiger partial charge in [-0.15, -0.1) is 0 Å². The summed E-state index contributed by atoms with van der Waals surface area (Å²) in [6.07, 6.45) is 2.92. The van der Waals surface area contributed by atoms with Gasteiger partial charge in [-0.1, -0.05) is 62.2 Å². The first kappa shape index (κ1) is 28.9. The number of nitrogens with zero attached hydrogens (tertiary/aromatic N) is 2. The van der Waals surface area contributed by atoms with Gasteiger partial charge in [-0.3, -0.25) is 13.9 Å². The van der Waals surface area contributed by atoms with Crippen LogP contribution in [0.5, 0.6) is 0 Å². The summed E-state index contributed by atoms with van der Waals surface area (Å²) in [6.45, 7) is 5.68. The molecule has 0 spiro atoms. The molecule has 0 saturated heterocycles. The van der Waals surface area contributed by atoms with E-state index in [4.69, 9.17) is 23.2 Å². The van der Waals surface area contributed by atoms with Crippen molar-refractivity contribution in [3.05, 3.63) is 63.6 Å². The van der Waals surface area contributed by atoms with Crippen LogP contribution in [0, 0.1) is 0 Å². The zero-order valence-electron chi connectivity index (χ0n) is 20.6. The van der Waals surface area contributed by atoms with Crippen LogP contribution < -0.4 is 9.62 Å². The molecule has 0 aromatic heterocycles. The standard InChI is InChI=1S/C25H33Cl2N3O4S/c1-5-15-28-25(32)23(7-3)29(16-20-21(26)9-8-10-22(20)27)24(31)17-30(35(4,33)34)19-13-11-18(6-2)12-14-19/h8-14,23H,5-7,15-17H2,1-4H3,(H,28,32)/t23-/m0/s1. The lowest BCUT2D eigenvalue weighted by molar-refractivity contribution is -0.140. The number of amides is 2. The van der Waals surface area contributed by atoms with Gasteiger partial charge in [0.1, 0.15) is 12.6 Å². The van der Waals surface area contributed by atoms with Gasteiger partial charge in [0.25, 0.3) is 0 Å². The van der Waals surface area contributed by atoms with E-state index in [1.54, 1.807) is 37.3 Å². The summed E-state index contributed by atoms with van der Waals surface area (Å²) in [5, 5.41) is 3.54. The fourth-order valence-corrected chi connectivity index (χ4v) is 5.02. The molecule has 0 aliphatic carbocycles. The fourth-order valence-electron chi connectivity index (χ4n) is 3.65. The molecule has 2 amide bonds. The van der Waals surface area contributed by atoms with Gasteiger partial charge >= 0.3 is 0 Å². The monoisotopic (exact) mass is 541 g/mol. The Balaban J connectivity index is 2.47. The summed E-state index contributed by atoms with van der Waals surface area (Å²) < 4.78 is 26.4. The Morgan fingerprint density at radius 2 is 1.60 bits per heavy atom. The van der Waals surface area contributed by atoms with Crippen molar-refractivity contribution >= 4 is 50.7 Å². The van der Waals surface area contributed by atoms with E-state index in [1.165, 1.54) is 4.90 Å². The van der Waals surface area contributed by atoms with Crippen molar-refractivity contribution in [1.29, 1.82) is 0 Å². The molecule has 192 valence electrons. The largest absolute Gasteiger partial charge is 0.354 e. The molecule has 0 saturated carbocycles. The van der Waals surface area contributed by atoms with Crippen LogP contribution in [0.15, 0.2) is 42.5 Å². The second kappa shape index (κ2) is 13.1. The molecular formula is C25H33Cl2N3O4S. The molecule has 2 rings (SSSR count). The number of nitrogens with one attached hydrogen (secondary N) is 1. The molecule has 0 fully saturated rings. The van der Waals surface area contributed by atoms with Gasteiger partial charge in [-0.2, -0.15) is 0 Å². The number of carbonyl (C=O) groups excluding carboxylic acids is 2. The average molecular weight is 543 g/mol. The Morgan fingerprint density at radius 1 is 1.00 bits per heavy atom. The fraction of sp³-hybridized carbons (Fsp3) is 0.440. The number of halogens is 2. The zero-order chi connectivity index (χ0) is 26.2. The Hall–Kier alpha value is -2.29. The van der Waals surface area contributed by atoms with Crippen molar-refractivity contribution in [2.75, 3.05) is 23.7 Å². The predicted molar refractivity (Wildman–Crippen MR) is 142 cm³/mol. The van der Waals surface area contributed by atoms with Crippen molar-refractivity contribution < 1.29 is 18.0 Å². The van der Waals surface area contributed by atoms with E-state index < -0.39 is 28.5 Å². The summed E-state index contributed by atoms with van der Waals surface area (Å²) in [7, 11) is -3.79. The average Bonchev–Trinajstić information content (AvgIpc) is 2.82. The molecule has 0 radical (unpaired) electrons.